The van der Waals surface area contributed by atoms with Crippen molar-refractivity contribution >= 4 is 27.3 Å². The van der Waals surface area contributed by atoms with E-state index in [1.807, 2.05) is 35.3 Å². The maximum atomic E-state index is 5.25. The molecule has 0 spiro atoms. The van der Waals surface area contributed by atoms with Crippen LogP contribution in [0.2, 0.25) is 0 Å². The van der Waals surface area contributed by atoms with Gasteiger partial charge in [-0.25, -0.2) is 0 Å². The van der Waals surface area contributed by atoms with Gasteiger partial charge in [0, 0.05) is 12.7 Å². The molecular formula is C11H9BrN4OS. The van der Waals surface area contributed by atoms with E-state index in [0.29, 0.717) is 17.4 Å². The molecule has 0 saturated heterocycles. The first-order valence-electron chi connectivity index (χ1n) is 5.39. The zero-order chi connectivity index (χ0) is 12.5. The Morgan fingerprint density at radius 3 is 3.06 bits per heavy atom. The van der Waals surface area contributed by atoms with Crippen molar-refractivity contribution in [2.24, 2.45) is 0 Å². The number of hydrogen-bond acceptors (Lipinski definition) is 5. The SMILES string of the molecule is CCn1cc(Br)c(-c2nc(-c3cccs3)no2)n1. The Hall–Kier alpha value is -1.47. The highest BCUT2D eigenvalue weighted by Crippen LogP contribution is 2.28. The molecule has 18 heavy (non-hydrogen) atoms. The van der Waals surface area contributed by atoms with E-state index in [2.05, 4.69) is 31.2 Å². The number of rotatable bonds is 3. The van der Waals surface area contributed by atoms with Gasteiger partial charge in [-0.2, -0.15) is 10.1 Å². The van der Waals surface area contributed by atoms with Crippen molar-refractivity contribution in [3.05, 3.63) is 28.2 Å². The molecule has 0 aromatic carbocycles. The molecule has 92 valence electrons. The fraction of sp³-hybridized carbons (Fsp3) is 0.182. The third-order valence-electron chi connectivity index (χ3n) is 2.41. The van der Waals surface area contributed by atoms with Gasteiger partial charge in [0.2, 0.25) is 5.82 Å². The summed E-state index contributed by atoms with van der Waals surface area (Å²) < 4.78 is 7.92. The number of nitrogens with zero attached hydrogens (tertiary/aromatic N) is 4. The maximum absolute atomic E-state index is 5.25. The van der Waals surface area contributed by atoms with Crippen LogP contribution >= 0.6 is 27.3 Å². The number of aryl methyl sites for hydroxylation is 1. The van der Waals surface area contributed by atoms with Crippen molar-refractivity contribution in [2.45, 2.75) is 13.5 Å². The molecule has 0 fully saturated rings. The number of aromatic nitrogens is 4. The monoisotopic (exact) mass is 324 g/mol. The minimum atomic E-state index is 0.428. The first-order valence-corrected chi connectivity index (χ1v) is 7.06. The molecule has 0 aliphatic carbocycles. The second kappa shape index (κ2) is 4.66. The molecule has 0 aliphatic rings. The Balaban J connectivity index is 2.00. The maximum Gasteiger partial charge on any atom is 0.279 e. The minimum absolute atomic E-state index is 0.428. The van der Waals surface area contributed by atoms with Crippen molar-refractivity contribution in [2.75, 3.05) is 0 Å². The number of thiophene rings is 1. The molecule has 0 unspecified atom stereocenters. The first-order chi connectivity index (χ1) is 8.78. The van der Waals surface area contributed by atoms with Gasteiger partial charge in [0.1, 0.15) is 0 Å². The molecule has 0 radical (unpaired) electrons. The minimum Gasteiger partial charge on any atom is -0.332 e. The topological polar surface area (TPSA) is 56.7 Å². The Labute approximate surface area is 116 Å². The van der Waals surface area contributed by atoms with Crippen molar-refractivity contribution in [3.8, 4) is 22.3 Å². The lowest BCUT2D eigenvalue weighted by Gasteiger charge is -1.90. The van der Waals surface area contributed by atoms with E-state index >= 15 is 0 Å². The van der Waals surface area contributed by atoms with Crippen LogP contribution < -0.4 is 0 Å². The summed E-state index contributed by atoms with van der Waals surface area (Å²) in [6.07, 6.45) is 1.89. The Morgan fingerprint density at radius 2 is 2.39 bits per heavy atom. The van der Waals surface area contributed by atoms with Gasteiger partial charge < -0.3 is 4.52 Å². The van der Waals surface area contributed by atoms with E-state index < -0.39 is 0 Å². The third kappa shape index (κ3) is 1.99. The van der Waals surface area contributed by atoms with E-state index in [1.165, 1.54) is 0 Å². The number of hydrogen-bond donors (Lipinski definition) is 0. The fourth-order valence-corrected chi connectivity index (χ4v) is 2.66. The second-order valence-corrected chi connectivity index (χ2v) is 5.38. The molecular weight excluding hydrogens is 316 g/mol. The van der Waals surface area contributed by atoms with Gasteiger partial charge in [0.05, 0.1) is 9.35 Å². The van der Waals surface area contributed by atoms with Crippen LogP contribution in [-0.4, -0.2) is 19.9 Å². The predicted octanol–water partition coefficient (Wildman–Crippen LogP) is 3.44. The van der Waals surface area contributed by atoms with E-state index in [9.17, 15) is 0 Å². The van der Waals surface area contributed by atoms with Crippen molar-refractivity contribution in [1.29, 1.82) is 0 Å². The van der Waals surface area contributed by atoms with Gasteiger partial charge in [0.15, 0.2) is 5.69 Å². The van der Waals surface area contributed by atoms with Crippen molar-refractivity contribution in [1.82, 2.24) is 19.9 Å². The van der Waals surface area contributed by atoms with Crippen LogP contribution in [0.15, 0.2) is 32.7 Å². The highest BCUT2D eigenvalue weighted by atomic mass is 79.9. The summed E-state index contributed by atoms with van der Waals surface area (Å²) in [5.74, 6) is 1.02. The van der Waals surface area contributed by atoms with Crippen LogP contribution in [0.5, 0.6) is 0 Å². The third-order valence-corrected chi connectivity index (χ3v) is 3.86. The largest absolute Gasteiger partial charge is 0.332 e. The molecule has 3 aromatic rings. The quantitative estimate of drug-likeness (QED) is 0.740. The van der Waals surface area contributed by atoms with Crippen LogP contribution in [0.1, 0.15) is 6.92 Å². The highest BCUT2D eigenvalue weighted by molar-refractivity contribution is 9.10. The molecule has 3 aromatic heterocycles. The molecule has 0 amide bonds. The lowest BCUT2D eigenvalue weighted by Crippen LogP contribution is -1.93. The number of halogens is 1. The average molecular weight is 325 g/mol. The summed E-state index contributed by atoms with van der Waals surface area (Å²) in [5, 5.41) is 10.3. The summed E-state index contributed by atoms with van der Waals surface area (Å²) >= 11 is 5.02. The standard InChI is InChI=1S/C11H9BrN4OS/c1-2-16-6-7(12)9(14-16)11-13-10(15-17-11)8-4-3-5-18-8/h3-6H,2H2,1H3. The van der Waals surface area contributed by atoms with Crippen LogP contribution in [0.25, 0.3) is 22.3 Å². The van der Waals surface area contributed by atoms with Gasteiger partial charge in [-0.15, -0.1) is 11.3 Å². The van der Waals surface area contributed by atoms with E-state index in [4.69, 9.17) is 4.52 Å². The lowest BCUT2D eigenvalue weighted by atomic mass is 10.4. The smallest absolute Gasteiger partial charge is 0.279 e. The average Bonchev–Trinajstić information content (AvgIpc) is 3.08. The Bertz CT molecular complexity index is 658. The molecule has 3 rings (SSSR count). The van der Waals surface area contributed by atoms with Crippen molar-refractivity contribution < 1.29 is 4.52 Å². The van der Waals surface area contributed by atoms with Crippen LogP contribution in [0, 0.1) is 0 Å². The molecule has 0 N–H and O–H groups in total. The molecule has 0 aliphatic heterocycles. The molecule has 0 bridgehead atoms. The zero-order valence-corrected chi connectivity index (χ0v) is 11.9. The second-order valence-electron chi connectivity index (χ2n) is 3.58. The fourth-order valence-electron chi connectivity index (χ4n) is 1.53. The first kappa shape index (κ1) is 11.6. The molecule has 7 heteroatoms. The van der Waals surface area contributed by atoms with Crippen LogP contribution in [0.4, 0.5) is 0 Å². The molecule has 5 nitrogen and oxygen atoms in total. The summed E-state index contributed by atoms with van der Waals surface area (Å²) in [6, 6.07) is 3.91. The van der Waals surface area contributed by atoms with Gasteiger partial charge in [-0.3, -0.25) is 4.68 Å². The van der Waals surface area contributed by atoms with Gasteiger partial charge >= 0.3 is 0 Å². The molecule has 0 saturated carbocycles. The highest BCUT2D eigenvalue weighted by Gasteiger charge is 2.17. The van der Waals surface area contributed by atoms with Gasteiger partial charge in [0.25, 0.3) is 5.89 Å². The van der Waals surface area contributed by atoms with E-state index in [0.717, 1.165) is 15.9 Å². The van der Waals surface area contributed by atoms with E-state index in [1.54, 1.807) is 11.3 Å². The lowest BCUT2D eigenvalue weighted by molar-refractivity contribution is 0.430. The summed E-state index contributed by atoms with van der Waals surface area (Å²) in [5.41, 5.74) is 0.673. The predicted molar refractivity (Wildman–Crippen MR) is 72.2 cm³/mol. The summed E-state index contributed by atoms with van der Waals surface area (Å²) in [4.78, 5) is 5.34. The van der Waals surface area contributed by atoms with Gasteiger partial charge in [-0.1, -0.05) is 11.2 Å². The summed E-state index contributed by atoms with van der Waals surface area (Å²) in [6.45, 7) is 2.82. The Kier molecular flexibility index (Phi) is 3.00. The summed E-state index contributed by atoms with van der Waals surface area (Å²) in [7, 11) is 0. The Morgan fingerprint density at radius 1 is 1.50 bits per heavy atom. The van der Waals surface area contributed by atoms with Crippen LogP contribution in [-0.2, 0) is 6.54 Å². The normalized spacial score (nSPS) is 11.0. The van der Waals surface area contributed by atoms with Gasteiger partial charge in [-0.05, 0) is 34.3 Å². The van der Waals surface area contributed by atoms with Crippen LogP contribution in [0.3, 0.4) is 0 Å². The molecule has 3 heterocycles. The van der Waals surface area contributed by atoms with E-state index in [-0.39, 0.29) is 0 Å². The molecule has 0 atom stereocenters. The zero-order valence-electron chi connectivity index (χ0n) is 9.50. The van der Waals surface area contributed by atoms with Crippen molar-refractivity contribution in [3.63, 3.8) is 0 Å².